The molecule has 116 valence electrons. The van der Waals surface area contributed by atoms with Crippen molar-refractivity contribution >= 4 is 5.97 Å². The van der Waals surface area contributed by atoms with Crippen molar-refractivity contribution in [3.05, 3.63) is 47.5 Å². The maximum Gasteiger partial charge on any atom is 0.335 e. The third kappa shape index (κ3) is 5.01. The van der Waals surface area contributed by atoms with E-state index < -0.39 is 11.6 Å². The van der Waals surface area contributed by atoms with Crippen molar-refractivity contribution in [2.24, 2.45) is 0 Å². The molecule has 0 saturated carbocycles. The molecule has 0 aliphatic rings. The number of hydrogen-bond acceptors (Lipinski definition) is 3. The Morgan fingerprint density at radius 2 is 1.52 bits per heavy atom. The molecule has 0 amide bonds. The van der Waals surface area contributed by atoms with Crippen molar-refractivity contribution in [3.63, 3.8) is 0 Å². The van der Waals surface area contributed by atoms with E-state index in [0.29, 0.717) is 5.57 Å². The molecule has 21 heavy (non-hydrogen) atoms. The van der Waals surface area contributed by atoms with Crippen LogP contribution in [0, 0.1) is 0 Å². The molecule has 0 aliphatic heterocycles. The summed E-state index contributed by atoms with van der Waals surface area (Å²) < 4.78 is 10.7. The van der Waals surface area contributed by atoms with Crippen molar-refractivity contribution in [2.45, 2.75) is 52.6 Å². The number of carbonyl (C=O) groups is 1. The van der Waals surface area contributed by atoms with Crippen LogP contribution in [0.2, 0.25) is 0 Å². The highest BCUT2D eigenvalue weighted by Gasteiger charge is 2.23. The zero-order valence-corrected chi connectivity index (χ0v) is 13.9. The average molecular weight is 290 g/mol. The third-order valence-electron chi connectivity index (χ3n) is 3.40. The topological polar surface area (TPSA) is 35.5 Å². The van der Waals surface area contributed by atoms with Crippen LogP contribution in [-0.2, 0) is 25.3 Å². The normalized spacial score (nSPS) is 12.1. The van der Waals surface area contributed by atoms with E-state index in [1.807, 2.05) is 13.8 Å². The zero-order chi connectivity index (χ0) is 16.3. The standard InChI is InChI=1S/C18H26O3/c1-13(2)16(19)20-12-21-18(6,7)15-10-8-14(9-11-15)17(3,4)5/h8-11H,1,12H2,2-7H3. The van der Waals surface area contributed by atoms with Crippen LogP contribution in [-0.4, -0.2) is 12.8 Å². The minimum absolute atomic E-state index is 0.0836. The molecule has 0 radical (unpaired) electrons. The van der Waals surface area contributed by atoms with Gasteiger partial charge in [0.2, 0.25) is 0 Å². The van der Waals surface area contributed by atoms with Gasteiger partial charge in [0.1, 0.15) is 0 Å². The van der Waals surface area contributed by atoms with Gasteiger partial charge >= 0.3 is 5.97 Å². The summed E-state index contributed by atoms with van der Waals surface area (Å²) in [4.78, 5) is 11.3. The summed E-state index contributed by atoms with van der Waals surface area (Å²) in [6.45, 7) is 15.5. The van der Waals surface area contributed by atoms with Crippen LogP contribution in [0.15, 0.2) is 36.4 Å². The molecule has 0 spiro atoms. The number of esters is 1. The fraction of sp³-hybridized carbons (Fsp3) is 0.500. The van der Waals surface area contributed by atoms with Gasteiger partial charge in [0.25, 0.3) is 0 Å². The van der Waals surface area contributed by atoms with Gasteiger partial charge in [0.15, 0.2) is 6.79 Å². The molecular formula is C18H26O3. The minimum Gasteiger partial charge on any atom is -0.435 e. The summed E-state index contributed by atoms with van der Waals surface area (Å²) in [5, 5.41) is 0. The van der Waals surface area contributed by atoms with Crippen LogP contribution >= 0.6 is 0 Å². The SMILES string of the molecule is C=C(C)C(=O)OCOC(C)(C)c1ccc(C(C)(C)C)cc1. The van der Waals surface area contributed by atoms with Crippen LogP contribution < -0.4 is 0 Å². The first kappa shape index (κ1) is 17.4. The maximum absolute atomic E-state index is 11.3. The van der Waals surface area contributed by atoms with Crippen molar-refractivity contribution in [1.82, 2.24) is 0 Å². The molecule has 0 heterocycles. The lowest BCUT2D eigenvalue weighted by atomic mass is 9.85. The highest BCUT2D eigenvalue weighted by Crippen LogP contribution is 2.28. The Bertz CT molecular complexity index is 504. The predicted octanol–water partition coefficient (Wildman–Crippen LogP) is 4.31. The molecule has 0 unspecified atom stereocenters. The molecule has 0 fully saturated rings. The number of hydrogen-bond donors (Lipinski definition) is 0. The average Bonchev–Trinajstić information content (AvgIpc) is 2.37. The molecule has 0 saturated heterocycles. The van der Waals surface area contributed by atoms with E-state index in [0.717, 1.165) is 5.56 Å². The van der Waals surface area contributed by atoms with Gasteiger partial charge < -0.3 is 9.47 Å². The number of carbonyl (C=O) groups excluding carboxylic acids is 1. The second-order valence-corrected chi connectivity index (χ2v) is 6.81. The van der Waals surface area contributed by atoms with Crippen LogP contribution in [0.4, 0.5) is 0 Å². The Hall–Kier alpha value is -1.61. The molecular weight excluding hydrogens is 264 g/mol. The molecule has 1 rings (SSSR count). The Kier molecular flexibility index (Phi) is 5.35. The van der Waals surface area contributed by atoms with Gasteiger partial charge in [0, 0.05) is 5.57 Å². The zero-order valence-electron chi connectivity index (χ0n) is 13.9. The van der Waals surface area contributed by atoms with E-state index in [-0.39, 0.29) is 12.2 Å². The first-order valence-electron chi connectivity index (χ1n) is 7.11. The molecule has 0 aliphatic carbocycles. The van der Waals surface area contributed by atoms with Crippen molar-refractivity contribution in [2.75, 3.05) is 6.79 Å². The highest BCUT2D eigenvalue weighted by atomic mass is 16.7. The quantitative estimate of drug-likeness (QED) is 0.460. The van der Waals surface area contributed by atoms with Gasteiger partial charge in [-0.3, -0.25) is 0 Å². The van der Waals surface area contributed by atoms with Crippen LogP contribution in [0.25, 0.3) is 0 Å². The second-order valence-electron chi connectivity index (χ2n) is 6.81. The fourth-order valence-corrected chi connectivity index (χ4v) is 1.81. The maximum atomic E-state index is 11.3. The molecule has 0 aromatic heterocycles. The molecule has 0 bridgehead atoms. The van der Waals surface area contributed by atoms with E-state index in [1.54, 1.807) is 6.92 Å². The molecule has 3 nitrogen and oxygen atoms in total. The van der Waals surface area contributed by atoms with Crippen molar-refractivity contribution in [1.29, 1.82) is 0 Å². The predicted molar refractivity (Wildman–Crippen MR) is 85.0 cm³/mol. The number of ether oxygens (including phenoxy) is 2. The highest BCUT2D eigenvalue weighted by molar-refractivity contribution is 5.86. The smallest absolute Gasteiger partial charge is 0.335 e. The molecule has 1 aromatic carbocycles. The third-order valence-corrected chi connectivity index (χ3v) is 3.40. The Morgan fingerprint density at radius 3 is 1.95 bits per heavy atom. The lowest BCUT2D eigenvalue weighted by Crippen LogP contribution is -2.24. The summed E-state index contributed by atoms with van der Waals surface area (Å²) in [5.41, 5.74) is 2.29. The van der Waals surface area contributed by atoms with E-state index in [2.05, 4.69) is 51.6 Å². The Balaban J connectivity index is 2.70. The van der Waals surface area contributed by atoms with Gasteiger partial charge in [-0.2, -0.15) is 0 Å². The summed E-state index contributed by atoms with van der Waals surface area (Å²) in [6.07, 6.45) is 0. The monoisotopic (exact) mass is 290 g/mol. The summed E-state index contributed by atoms with van der Waals surface area (Å²) in [7, 11) is 0. The van der Waals surface area contributed by atoms with E-state index in [9.17, 15) is 4.79 Å². The first-order valence-corrected chi connectivity index (χ1v) is 7.11. The molecule has 1 aromatic rings. The van der Waals surface area contributed by atoms with Gasteiger partial charge in [-0.15, -0.1) is 0 Å². The lowest BCUT2D eigenvalue weighted by molar-refractivity contribution is -0.165. The summed E-state index contributed by atoms with van der Waals surface area (Å²) in [6, 6.07) is 8.34. The van der Waals surface area contributed by atoms with Crippen LogP contribution in [0.3, 0.4) is 0 Å². The second kappa shape index (κ2) is 6.44. The van der Waals surface area contributed by atoms with Gasteiger partial charge in [-0.25, -0.2) is 4.79 Å². The Morgan fingerprint density at radius 1 is 1.05 bits per heavy atom. The van der Waals surface area contributed by atoms with Crippen LogP contribution in [0.1, 0.15) is 52.7 Å². The van der Waals surface area contributed by atoms with E-state index in [1.165, 1.54) is 5.56 Å². The number of rotatable bonds is 5. The first-order chi connectivity index (χ1) is 9.54. The largest absolute Gasteiger partial charge is 0.435 e. The summed E-state index contributed by atoms with van der Waals surface area (Å²) in [5.74, 6) is -0.436. The molecule has 3 heteroatoms. The summed E-state index contributed by atoms with van der Waals surface area (Å²) >= 11 is 0. The van der Waals surface area contributed by atoms with E-state index in [4.69, 9.17) is 9.47 Å². The fourth-order valence-electron chi connectivity index (χ4n) is 1.81. The Labute approximate surface area is 128 Å². The van der Waals surface area contributed by atoms with Gasteiger partial charge in [-0.05, 0) is 37.3 Å². The molecule has 0 N–H and O–H groups in total. The van der Waals surface area contributed by atoms with Gasteiger partial charge in [-0.1, -0.05) is 51.6 Å². The minimum atomic E-state index is -0.522. The number of benzene rings is 1. The van der Waals surface area contributed by atoms with Crippen molar-refractivity contribution in [3.8, 4) is 0 Å². The van der Waals surface area contributed by atoms with E-state index >= 15 is 0 Å². The molecule has 0 atom stereocenters. The lowest BCUT2D eigenvalue weighted by Gasteiger charge is -2.27. The van der Waals surface area contributed by atoms with Crippen molar-refractivity contribution < 1.29 is 14.3 Å². The van der Waals surface area contributed by atoms with Gasteiger partial charge in [0.05, 0.1) is 5.60 Å². The van der Waals surface area contributed by atoms with Crippen LogP contribution in [0.5, 0.6) is 0 Å².